The molecular formula is C58H102O5. The van der Waals surface area contributed by atoms with Crippen LogP contribution in [0.5, 0.6) is 0 Å². The molecule has 0 heterocycles. The van der Waals surface area contributed by atoms with Crippen LogP contribution in [0.3, 0.4) is 0 Å². The minimum Gasteiger partial charge on any atom is -0.462 e. The SMILES string of the molecule is CC/C=C\C/C=C\C/C=C\C/C=C\C/C=C\C/C=C\CCCCCCCCCCCCCCCCCCC(=O)OC(CO)COC(=O)CCCCCCCCCCCCCCCC. The number of hydrogen-bond donors (Lipinski definition) is 1. The second kappa shape index (κ2) is 53.7. The fourth-order valence-corrected chi connectivity index (χ4v) is 7.74. The van der Waals surface area contributed by atoms with Crippen molar-refractivity contribution in [2.24, 2.45) is 0 Å². The summed E-state index contributed by atoms with van der Waals surface area (Å²) in [5, 5.41) is 9.62. The number of aliphatic hydroxyl groups is 1. The number of carbonyl (C=O) groups is 2. The van der Waals surface area contributed by atoms with Gasteiger partial charge in [-0.3, -0.25) is 9.59 Å². The zero-order valence-corrected chi connectivity index (χ0v) is 41.6. The Hall–Kier alpha value is -2.66. The van der Waals surface area contributed by atoms with E-state index in [1.165, 1.54) is 161 Å². The lowest BCUT2D eigenvalue weighted by atomic mass is 10.0. The summed E-state index contributed by atoms with van der Waals surface area (Å²) in [6, 6.07) is 0. The van der Waals surface area contributed by atoms with Gasteiger partial charge in [0.15, 0.2) is 6.10 Å². The predicted molar refractivity (Wildman–Crippen MR) is 274 cm³/mol. The van der Waals surface area contributed by atoms with Crippen LogP contribution in [0.15, 0.2) is 72.9 Å². The zero-order valence-electron chi connectivity index (χ0n) is 41.6. The summed E-state index contributed by atoms with van der Waals surface area (Å²) in [6.07, 6.45) is 73.0. The van der Waals surface area contributed by atoms with Crippen molar-refractivity contribution in [2.45, 2.75) is 270 Å². The molecule has 0 amide bonds. The Morgan fingerprint density at radius 1 is 0.381 bits per heavy atom. The van der Waals surface area contributed by atoms with Crippen LogP contribution in [0, 0.1) is 0 Å². The van der Waals surface area contributed by atoms with Crippen LogP contribution < -0.4 is 0 Å². The molecule has 63 heavy (non-hydrogen) atoms. The lowest BCUT2D eigenvalue weighted by Gasteiger charge is -2.15. The highest BCUT2D eigenvalue weighted by Crippen LogP contribution is 2.16. The summed E-state index contributed by atoms with van der Waals surface area (Å²) in [5.41, 5.74) is 0. The van der Waals surface area contributed by atoms with Gasteiger partial charge < -0.3 is 14.6 Å². The van der Waals surface area contributed by atoms with E-state index in [2.05, 4.69) is 86.8 Å². The Morgan fingerprint density at radius 3 is 1.03 bits per heavy atom. The summed E-state index contributed by atoms with van der Waals surface area (Å²) in [6.45, 7) is 4.04. The summed E-state index contributed by atoms with van der Waals surface area (Å²) >= 11 is 0. The molecule has 1 N–H and O–H groups in total. The van der Waals surface area contributed by atoms with Gasteiger partial charge in [-0.1, -0.05) is 260 Å². The van der Waals surface area contributed by atoms with Crippen molar-refractivity contribution >= 4 is 11.9 Å². The maximum Gasteiger partial charge on any atom is 0.306 e. The van der Waals surface area contributed by atoms with E-state index in [0.29, 0.717) is 12.8 Å². The van der Waals surface area contributed by atoms with Crippen LogP contribution in [0.25, 0.3) is 0 Å². The second-order valence-electron chi connectivity index (χ2n) is 17.9. The third kappa shape index (κ3) is 51.9. The molecule has 1 atom stereocenters. The van der Waals surface area contributed by atoms with Crippen LogP contribution in [0.1, 0.15) is 264 Å². The Labute approximate surface area is 391 Å². The minimum atomic E-state index is -0.770. The molecule has 5 nitrogen and oxygen atoms in total. The standard InChI is InChI=1S/C58H102O5/c1-3-5-7-9-11-13-15-17-19-20-21-22-23-24-25-26-27-28-29-30-31-32-33-34-35-36-37-38-39-41-43-45-47-49-51-53-58(61)63-56(54-59)55-62-57(60)52-50-48-46-44-42-40-18-16-14-12-10-8-6-4-2/h5,7,11,13,17,19,21-22,24-25,27-28,56,59H,3-4,6,8-10,12,14-16,18,20,23,26,29-55H2,1-2H3/b7-5-,13-11-,19-17-,22-21-,25-24-,28-27-. The minimum absolute atomic E-state index is 0.0630. The van der Waals surface area contributed by atoms with E-state index in [0.717, 1.165) is 77.0 Å². The van der Waals surface area contributed by atoms with Crippen LogP contribution in [-0.4, -0.2) is 36.4 Å². The van der Waals surface area contributed by atoms with E-state index >= 15 is 0 Å². The molecule has 0 radical (unpaired) electrons. The molecule has 1 unspecified atom stereocenters. The van der Waals surface area contributed by atoms with E-state index in [9.17, 15) is 14.7 Å². The second-order valence-corrected chi connectivity index (χ2v) is 17.9. The van der Waals surface area contributed by atoms with Gasteiger partial charge in [0.05, 0.1) is 6.61 Å². The molecule has 0 aromatic carbocycles. The number of carbonyl (C=O) groups excluding carboxylic acids is 2. The van der Waals surface area contributed by atoms with Crippen molar-refractivity contribution in [3.05, 3.63) is 72.9 Å². The smallest absolute Gasteiger partial charge is 0.306 e. The van der Waals surface area contributed by atoms with Gasteiger partial charge in [0.2, 0.25) is 0 Å². The van der Waals surface area contributed by atoms with Gasteiger partial charge in [-0.25, -0.2) is 0 Å². The quantitative estimate of drug-likeness (QED) is 0.0374. The number of allylic oxidation sites excluding steroid dienone is 12. The van der Waals surface area contributed by atoms with E-state index in [4.69, 9.17) is 9.47 Å². The summed E-state index contributed by atoms with van der Waals surface area (Å²) in [5.74, 6) is -0.581. The van der Waals surface area contributed by atoms with E-state index < -0.39 is 6.10 Å². The lowest BCUT2D eigenvalue weighted by molar-refractivity contribution is -0.161. The van der Waals surface area contributed by atoms with Gasteiger partial charge in [0.1, 0.15) is 6.61 Å². The lowest BCUT2D eigenvalue weighted by Crippen LogP contribution is -2.28. The zero-order chi connectivity index (χ0) is 45.6. The maximum atomic E-state index is 12.3. The van der Waals surface area contributed by atoms with Crippen LogP contribution in [-0.2, 0) is 19.1 Å². The van der Waals surface area contributed by atoms with Gasteiger partial charge in [-0.05, 0) is 64.2 Å². The number of esters is 2. The van der Waals surface area contributed by atoms with Crippen molar-refractivity contribution in [1.29, 1.82) is 0 Å². The van der Waals surface area contributed by atoms with Crippen molar-refractivity contribution in [3.8, 4) is 0 Å². The first-order valence-electron chi connectivity index (χ1n) is 27.0. The number of aliphatic hydroxyl groups excluding tert-OH is 1. The van der Waals surface area contributed by atoms with E-state index in [-0.39, 0.29) is 25.2 Å². The van der Waals surface area contributed by atoms with Crippen LogP contribution >= 0.6 is 0 Å². The topological polar surface area (TPSA) is 72.8 Å². The van der Waals surface area contributed by atoms with Gasteiger partial charge >= 0.3 is 11.9 Å². The highest BCUT2D eigenvalue weighted by atomic mass is 16.6. The van der Waals surface area contributed by atoms with Crippen LogP contribution in [0.2, 0.25) is 0 Å². The van der Waals surface area contributed by atoms with Crippen LogP contribution in [0.4, 0.5) is 0 Å². The molecule has 0 aliphatic heterocycles. The number of hydrogen-bond acceptors (Lipinski definition) is 5. The number of unbranched alkanes of at least 4 members (excludes halogenated alkanes) is 29. The normalized spacial score (nSPS) is 12.7. The molecule has 0 saturated heterocycles. The molecule has 0 aromatic heterocycles. The van der Waals surface area contributed by atoms with Gasteiger partial charge in [-0.15, -0.1) is 0 Å². The molecule has 0 aliphatic carbocycles. The monoisotopic (exact) mass is 879 g/mol. The Bertz CT molecular complexity index is 1130. The first kappa shape index (κ1) is 60.3. The molecule has 0 fully saturated rings. The Balaban J connectivity index is 3.46. The Kier molecular flexibility index (Phi) is 51.4. The number of ether oxygens (including phenoxy) is 2. The fraction of sp³-hybridized carbons (Fsp3) is 0.759. The summed E-state index contributed by atoms with van der Waals surface area (Å²) < 4.78 is 10.7. The fourth-order valence-electron chi connectivity index (χ4n) is 7.74. The van der Waals surface area contributed by atoms with Crippen molar-refractivity contribution < 1.29 is 24.2 Å². The molecule has 0 saturated carbocycles. The van der Waals surface area contributed by atoms with E-state index in [1.807, 2.05) is 0 Å². The third-order valence-electron chi connectivity index (χ3n) is 11.8. The van der Waals surface area contributed by atoms with Crippen molar-refractivity contribution in [3.63, 3.8) is 0 Å². The van der Waals surface area contributed by atoms with Gasteiger partial charge in [0, 0.05) is 12.8 Å². The van der Waals surface area contributed by atoms with E-state index in [1.54, 1.807) is 0 Å². The Morgan fingerprint density at radius 2 is 0.683 bits per heavy atom. The first-order chi connectivity index (χ1) is 31.1. The molecule has 0 rings (SSSR count). The third-order valence-corrected chi connectivity index (χ3v) is 11.8. The highest BCUT2D eigenvalue weighted by molar-refractivity contribution is 5.70. The highest BCUT2D eigenvalue weighted by Gasteiger charge is 2.16. The summed E-state index contributed by atoms with van der Waals surface area (Å²) in [4.78, 5) is 24.4. The molecular weight excluding hydrogens is 777 g/mol. The molecule has 0 aliphatic rings. The maximum absolute atomic E-state index is 12.3. The molecule has 364 valence electrons. The van der Waals surface area contributed by atoms with Crippen molar-refractivity contribution in [2.75, 3.05) is 13.2 Å². The van der Waals surface area contributed by atoms with Gasteiger partial charge in [0.25, 0.3) is 0 Å². The number of rotatable bonds is 49. The average Bonchev–Trinajstić information content (AvgIpc) is 3.29. The average molecular weight is 879 g/mol. The largest absolute Gasteiger partial charge is 0.462 e. The molecule has 0 aromatic rings. The predicted octanol–water partition coefficient (Wildman–Crippen LogP) is 18.0. The molecule has 0 spiro atoms. The van der Waals surface area contributed by atoms with Gasteiger partial charge in [-0.2, -0.15) is 0 Å². The van der Waals surface area contributed by atoms with Crippen molar-refractivity contribution in [1.82, 2.24) is 0 Å². The molecule has 5 heteroatoms. The summed E-state index contributed by atoms with van der Waals surface area (Å²) in [7, 11) is 0. The molecule has 0 bridgehead atoms. The first-order valence-corrected chi connectivity index (χ1v) is 27.0.